The van der Waals surface area contributed by atoms with Crippen LogP contribution in [0.25, 0.3) is 0 Å². The van der Waals surface area contributed by atoms with E-state index in [9.17, 15) is 9.59 Å². The molecule has 0 aliphatic carbocycles. The molecule has 0 saturated heterocycles. The van der Waals surface area contributed by atoms with Crippen LogP contribution in [-0.2, 0) is 9.59 Å². The fourth-order valence-electron chi connectivity index (χ4n) is 1.78. The molecular weight excluding hydrogens is 278 g/mol. The molecule has 0 spiro atoms. The summed E-state index contributed by atoms with van der Waals surface area (Å²) in [6.45, 7) is 3.89. The number of aryl methyl sites for hydroxylation is 2. The van der Waals surface area contributed by atoms with Crippen molar-refractivity contribution in [2.24, 2.45) is 5.10 Å². The summed E-state index contributed by atoms with van der Waals surface area (Å²) in [6, 6.07) is 14.8. The standard InChI is InChI=1S/C17H17N3O2/c1-12-6-8-14(9-7-12)11-18-20-17(22)16(21)19-15-5-3-4-13(2)10-15/h3-11H,1-2H3,(H,19,21)(H,20,22). The van der Waals surface area contributed by atoms with Crippen LogP contribution in [-0.4, -0.2) is 18.0 Å². The quantitative estimate of drug-likeness (QED) is 0.518. The van der Waals surface area contributed by atoms with Crippen molar-refractivity contribution in [3.05, 3.63) is 65.2 Å². The van der Waals surface area contributed by atoms with Gasteiger partial charge < -0.3 is 5.32 Å². The summed E-state index contributed by atoms with van der Waals surface area (Å²) >= 11 is 0. The second kappa shape index (κ2) is 7.17. The number of hydrogen-bond donors (Lipinski definition) is 2. The van der Waals surface area contributed by atoms with Gasteiger partial charge in [0, 0.05) is 5.69 Å². The minimum atomic E-state index is -0.815. The Hall–Kier alpha value is -2.95. The number of amides is 2. The van der Waals surface area contributed by atoms with Gasteiger partial charge in [0.25, 0.3) is 0 Å². The number of carbonyl (C=O) groups excluding carboxylic acids is 2. The minimum absolute atomic E-state index is 0.572. The van der Waals surface area contributed by atoms with E-state index in [0.717, 1.165) is 16.7 Å². The Bertz CT molecular complexity index is 706. The molecule has 5 nitrogen and oxygen atoms in total. The van der Waals surface area contributed by atoms with E-state index in [4.69, 9.17) is 0 Å². The van der Waals surface area contributed by atoms with Gasteiger partial charge in [-0.3, -0.25) is 9.59 Å². The SMILES string of the molecule is Cc1ccc(C=NNC(=O)C(=O)Nc2cccc(C)c2)cc1. The Morgan fingerprint density at radius 2 is 1.68 bits per heavy atom. The van der Waals surface area contributed by atoms with E-state index in [1.165, 1.54) is 6.21 Å². The number of benzene rings is 2. The normalized spacial score (nSPS) is 10.5. The monoisotopic (exact) mass is 295 g/mol. The van der Waals surface area contributed by atoms with Gasteiger partial charge in [0.1, 0.15) is 0 Å². The Morgan fingerprint density at radius 1 is 0.955 bits per heavy atom. The van der Waals surface area contributed by atoms with Gasteiger partial charge in [-0.15, -0.1) is 0 Å². The minimum Gasteiger partial charge on any atom is -0.318 e. The smallest absolute Gasteiger partial charge is 0.318 e. The lowest BCUT2D eigenvalue weighted by Crippen LogP contribution is -2.32. The summed E-state index contributed by atoms with van der Waals surface area (Å²) in [4.78, 5) is 23.4. The molecule has 0 aromatic heterocycles. The van der Waals surface area contributed by atoms with E-state index in [1.807, 2.05) is 44.2 Å². The highest BCUT2D eigenvalue weighted by atomic mass is 16.2. The van der Waals surface area contributed by atoms with Gasteiger partial charge in [-0.05, 0) is 37.1 Å². The molecule has 112 valence electrons. The zero-order chi connectivity index (χ0) is 15.9. The van der Waals surface area contributed by atoms with Crippen molar-refractivity contribution in [1.29, 1.82) is 0 Å². The molecule has 0 aliphatic heterocycles. The van der Waals surface area contributed by atoms with Gasteiger partial charge in [-0.25, -0.2) is 5.43 Å². The molecule has 2 rings (SSSR count). The molecule has 0 radical (unpaired) electrons. The van der Waals surface area contributed by atoms with Gasteiger partial charge >= 0.3 is 11.8 Å². The van der Waals surface area contributed by atoms with Crippen molar-refractivity contribution in [3.8, 4) is 0 Å². The molecule has 2 amide bonds. The summed E-state index contributed by atoms with van der Waals surface area (Å²) in [5.74, 6) is -1.57. The Labute approximate surface area is 129 Å². The predicted molar refractivity (Wildman–Crippen MR) is 86.7 cm³/mol. The number of rotatable bonds is 3. The average molecular weight is 295 g/mol. The molecule has 0 heterocycles. The molecule has 2 aromatic carbocycles. The number of anilines is 1. The van der Waals surface area contributed by atoms with Crippen molar-refractivity contribution in [1.82, 2.24) is 5.43 Å². The Balaban J connectivity index is 1.89. The van der Waals surface area contributed by atoms with Crippen LogP contribution >= 0.6 is 0 Å². The molecule has 0 atom stereocenters. The van der Waals surface area contributed by atoms with Gasteiger partial charge in [0.2, 0.25) is 0 Å². The van der Waals surface area contributed by atoms with Crippen LogP contribution in [0.2, 0.25) is 0 Å². The van der Waals surface area contributed by atoms with E-state index >= 15 is 0 Å². The lowest BCUT2D eigenvalue weighted by atomic mass is 10.2. The predicted octanol–water partition coefficient (Wildman–Crippen LogP) is 2.39. The van der Waals surface area contributed by atoms with Crippen LogP contribution in [0.15, 0.2) is 53.6 Å². The van der Waals surface area contributed by atoms with Crippen LogP contribution in [0.1, 0.15) is 16.7 Å². The zero-order valence-electron chi connectivity index (χ0n) is 12.5. The molecule has 2 N–H and O–H groups in total. The van der Waals surface area contributed by atoms with Crippen molar-refractivity contribution in [2.45, 2.75) is 13.8 Å². The van der Waals surface area contributed by atoms with Gasteiger partial charge in [-0.2, -0.15) is 5.10 Å². The summed E-state index contributed by atoms with van der Waals surface area (Å²) in [6.07, 6.45) is 1.48. The number of hydrazone groups is 1. The third-order valence-electron chi connectivity index (χ3n) is 2.94. The molecule has 0 aliphatic rings. The summed E-state index contributed by atoms with van der Waals surface area (Å²) in [7, 11) is 0. The van der Waals surface area contributed by atoms with Crippen molar-refractivity contribution >= 4 is 23.7 Å². The molecule has 0 fully saturated rings. The number of hydrogen-bond acceptors (Lipinski definition) is 3. The van der Waals surface area contributed by atoms with Crippen LogP contribution in [0, 0.1) is 13.8 Å². The summed E-state index contributed by atoms with van der Waals surface area (Å²) < 4.78 is 0. The molecule has 5 heteroatoms. The molecular formula is C17H17N3O2. The first-order chi connectivity index (χ1) is 10.5. The van der Waals surface area contributed by atoms with Crippen LogP contribution in [0.4, 0.5) is 5.69 Å². The maximum absolute atomic E-state index is 11.7. The van der Waals surface area contributed by atoms with E-state index < -0.39 is 11.8 Å². The van der Waals surface area contributed by atoms with Crippen molar-refractivity contribution in [3.63, 3.8) is 0 Å². The summed E-state index contributed by atoms with van der Waals surface area (Å²) in [5.41, 5.74) is 5.74. The van der Waals surface area contributed by atoms with E-state index in [2.05, 4.69) is 15.8 Å². The second-order valence-corrected chi connectivity index (χ2v) is 4.93. The number of nitrogens with one attached hydrogen (secondary N) is 2. The Kier molecular flexibility index (Phi) is 5.03. The average Bonchev–Trinajstić information content (AvgIpc) is 2.49. The highest BCUT2D eigenvalue weighted by Gasteiger charge is 2.12. The van der Waals surface area contributed by atoms with Crippen LogP contribution in [0.5, 0.6) is 0 Å². The van der Waals surface area contributed by atoms with Gasteiger partial charge in [0.05, 0.1) is 6.21 Å². The molecule has 2 aromatic rings. The Morgan fingerprint density at radius 3 is 2.36 bits per heavy atom. The molecule has 0 unspecified atom stereocenters. The van der Waals surface area contributed by atoms with Crippen molar-refractivity contribution in [2.75, 3.05) is 5.32 Å². The number of nitrogens with zero attached hydrogens (tertiary/aromatic N) is 1. The van der Waals surface area contributed by atoms with E-state index in [1.54, 1.807) is 18.2 Å². The molecule has 22 heavy (non-hydrogen) atoms. The highest BCUT2D eigenvalue weighted by molar-refractivity contribution is 6.39. The lowest BCUT2D eigenvalue weighted by Gasteiger charge is -2.04. The maximum Gasteiger partial charge on any atom is 0.329 e. The fraction of sp³-hybridized carbons (Fsp3) is 0.118. The van der Waals surface area contributed by atoms with Crippen LogP contribution < -0.4 is 10.7 Å². The largest absolute Gasteiger partial charge is 0.329 e. The maximum atomic E-state index is 11.7. The first-order valence-corrected chi connectivity index (χ1v) is 6.82. The van der Waals surface area contributed by atoms with Crippen molar-refractivity contribution < 1.29 is 9.59 Å². The third-order valence-corrected chi connectivity index (χ3v) is 2.94. The van der Waals surface area contributed by atoms with Crippen LogP contribution in [0.3, 0.4) is 0 Å². The third kappa shape index (κ3) is 4.56. The second-order valence-electron chi connectivity index (χ2n) is 4.93. The zero-order valence-corrected chi connectivity index (χ0v) is 12.5. The van der Waals surface area contributed by atoms with E-state index in [-0.39, 0.29) is 0 Å². The summed E-state index contributed by atoms with van der Waals surface area (Å²) in [5, 5.41) is 6.28. The number of carbonyl (C=O) groups is 2. The lowest BCUT2D eigenvalue weighted by molar-refractivity contribution is -0.136. The first kappa shape index (κ1) is 15.4. The molecule has 0 saturated carbocycles. The fourth-order valence-corrected chi connectivity index (χ4v) is 1.78. The molecule has 0 bridgehead atoms. The van der Waals surface area contributed by atoms with E-state index in [0.29, 0.717) is 5.69 Å². The van der Waals surface area contributed by atoms with Gasteiger partial charge in [0.15, 0.2) is 0 Å². The first-order valence-electron chi connectivity index (χ1n) is 6.82. The topological polar surface area (TPSA) is 70.6 Å². The highest BCUT2D eigenvalue weighted by Crippen LogP contribution is 2.09. The van der Waals surface area contributed by atoms with Gasteiger partial charge in [-0.1, -0.05) is 42.0 Å².